The Labute approximate surface area is 172 Å². The molecule has 0 saturated heterocycles. The third-order valence-corrected chi connectivity index (χ3v) is 4.37. The van der Waals surface area contributed by atoms with Gasteiger partial charge in [0.2, 0.25) is 0 Å². The van der Waals surface area contributed by atoms with Crippen LogP contribution in [0.2, 0.25) is 0 Å². The van der Waals surface area contributed by atoms with E-state index in [0.29, 0.717) is 10.9 Å². The lowest BCUT2D eigenvalue weighted by atomic mass is 10.0. The van der Waals surface area contributed by atoms with Crippen LogP contribution in [0.5, 0.6) is 5.75 Å². The molecule has 0 spiro atoms. The number of rotatable bonds is 6. The standard InChI is InChI=1S/C20H17N3O6.CH4/c1-29-20(26)16(11-12-4-7-14(8-5-12)23(27)28)22-19(25)15-9-6-13-3-2-10-21-17(13)18(15)24;/h2-10,16,24H,11H2,1H3,(H,22,25);1H4/t16-;/m0./s1. The van der Waals surface area contributed by atoms with Gasteiger partial charge in [-0.05, 0) is 17.7 Å². The molecule has 1 heterocycles. The minimum Gasteiger partial charge on any atom is -0.505 e. The van der Waals surface area contributed by atoms with Crippen LogP contribution in [0.15, 0.2) is 54.7 Å². The topological polar surface area (TPSA) is 132 Å². The van der Waals surface area contributed by atoms with Gasteiger partial charge in [0.05, 0.1) is 17.6 Å². The van der Waals surface area contributed by atoms with E-state index in [2.05, 4.69) is 10.3 Å². The van der Waals surface area contributed by atoms with Crippen LogP contribution in [0.1, 0.15) is 23.3 Å². The van der Waals surface area contributed by atoms with E-state index in [1.807, 2.05) is 0 Å². The molecule has 3 aromatic rings. The number of pyridine rings is 1. The van der Waals surface area contributed by atoms with Crippen LogP contribution in [-0.4, -0.2) is 40.0 Å². The number of ether oxygens (including phenoxy) is 1. The maximum absolute atomic E-state index is 12.7. The molecule has 0 unspecified atom stereocenters. The second kappa shape index (κ2) is 9.46. The first kappa shape index (κ1) is 22.3. The van der Waals surface area contributed by atoms with E-state index in [9.17, 15) is 24.8 Å². The fourth-order valence-electron chi connectivity index (χ4n) is 2.87. The molecule has 0 aliphatic carbocycles. The van der Waals surface area contributed by atoms with Gasteiger partial charge in [0.25, 0.3) is 11.6 Å². The summed E-state index contributed by atoms with van der Waals surface area (Å²) in [5.74, 6) is -1.65. The minimum atomic E-state index is -1.05. The van der Waals surface area contributed by atoms with E-state index >= 15 is 0 Å². The molecule has 0 aliphatic rings. The Morgan fingerprint density at radius 2 is 1.90 bits per heavy atom. The number of methoxy groups -OCH3 is 1. The number of nitro groups is 1. The number of nitrogens with one attached hydrogen (secondary N) is 1. The van der Waals surface area contributed by atoms with Crippen molar-refractivity contribution >= 4 is 28.5 Å². The molecule has 0 aliphatic heterocycles. The largest absolute Gasteiger partial charge is 0.505 e. The van der Waals surface area contributed by atoms with Gasteiger partial charge in [-0.3, -0.25) is 19.9 Å². The predicted octanol–water partition coefficient (Wildman–Crippen LogP) is 3.00. The zero-order valence-electron chi connectivity index (χ0n) is 15.4. The number of esters is 1. The molecule has 9 heteroatoms. The molecule has 2 aromatic carbocycles. The number of carbonyl (C=O) groups is 2. The van der Waals surface area contributed by atoms with E-state index in [4.69, 9.17) is 4.74 Å². The summed E-state index contributed by atoms with van der Waals surface area (Å²) in [6.45, 7) is 0. The van der Waals surface area contributed by atoms with E-state index < -0.39 is 22.8 Å². The zero-order valence-corrected chi connectivity index (χ0v) is 15.4. The number of aromatic hydroxyl groups is 1. The highest BCUT2D eigenvalue weighted by molar-refractivity contribution is 6.03. The average Bonchev–Trinajstić information content (AvgIpc) is 2.73. The molecule has 156 valence electrons. The number of fused-ring (bicyclic) bond motifs is 1. The molecule has 0 bridgehead atoms. The number of non-ortho nitro benzene ring substituents is 1. The summed E-state index contributed by atoms with van der Waals surface area (Å²) >= 11 is 0. The highest BCUT2D eigenvalue weighted by Gasteiger charge is 2.25. The van der Waals surface area contributed by atoms with Gasteiger partial charge in [0, 0.05) is 30.1 Å². The summed E-state index contributed by atoms with van der Waals surface area (Å²) in [7, 11) is 1.19. The first-order valence-corrected chi connectivity index (χ1v) is 8.59. The number of phenolic OH excluding ortho intramolecular Hbond substituents is 1. The Bertz CT molecular complexity index is 1080. The van der Waals surface area contributed by atoms with Crippen molar-refractivity contribution in [2.24, 2.45) is 0 Å². The van der Waals surface area contributed by atoms with E-state index in [0.717, 1.165) is 0 Å². The molecule has 0 saturated carbocycles. The van der Waals surface area contributed by atoms with E-state index in [-0.39, 0.29) is 36.4 Å². The molecule has 30 heavy (non-hydrogen) atoms. The van der Waals surface area contributed by atoms with Gasteiger partial charge in [-0.15, -0.1) is 0 Å². The van der Waals surface area contributed by atoms with Crippen LogP contribution >= 0.6 is 0 Å². The normalized spacial score (nSPS) is 11.2. The van der Waals surface area contributed by atoms with Gasteiger partial charge >= 0.3 is 5.97 Å². The Morgan fingerprint density at radius 3 is 2.53 bits per heavy atom. The second-order valence-corrected chi connectivity index (χ2v) is 6.21. The summed E-state index contributed by atoms with van der Waals surface area (Å²) in [5.41, 5.74) is 0.746. The van der Waals surface area contributed by atoms with Crippen LogP contribution in [0.3, 0.4) is 0 Å². The van der Waals surface area contributed by atoms with Crippen molar-refractivity contribution in [3.05, 3.63) is 76.0 Å². The summed E-state index contributed by atoms with van der Waals surface area (Å²) < 4.78 is 4.75. The predicted molar refractivity (Wildman–Crippen MR) is 110 cm³/mol. The summed E-state index contributed by atoms with van der Waals surface area (Å²) in [4.78, 5) is 39.1. The quantitative estimate of drug-likeness (QED) is 0.362. The van der Waals surface area contributed by atoms with Crippen molar-refractivity contribution in [3.8, 4) is 5.75 Å². The lowest BCUT2D eigenvalue weighted by molar-refractivity contribution is -0.384. The number of amides is 1. The van der Waals surface area contributed by atoms with E-state index in [1.54, 1.807) is 18.2 Å². The third kappa shape index (κ3) is 4.69. The number of nitrogens with zero attached hydrogens (tertiary/aromatic N) is 2. The fourth-order valence-corrected chi connectivity index (χ4v) is 2.87. The van der Waals surface area contributed by atoms with Crippen molar-refractivity contribution in [2.75, 3.05) is 7.11 Å². The van der Waals surface area contributed by atoms with Crippen LogP contribution in [0.25, 0.3) is 10.9 Å². The van der Waals surface area contributed by atoms with Crippen LogP contribution in [0.4, 0.5) is 5.69 Å². The molecule has 2 N–H and O–H groups in total. The highest BCUT2D eigenvalue weighted by atomic mass is 16.6. The summed E-state index contributed by atoms with van der Waals surface area (Å²) in [6.07, 6.45) is 1.55. The van der Waals surface area contributed by atoms with Gasteiger partial charge < -0.3 is 15.2 Å². The molecular formula is C21H21N3O6. The molecule has 1 atom stereocenters. The monoisotopic (exact) mass is 411 g/mol. The first-order valence-electron chi connectivity index (χ1n) is 8.59. The average molecular weight is 411 g/mol. The van der Waals surface area contributed by atoms with Crippen molar-refractivity contribution in [3.63, 3.8) is 0 Å². The minimum absolute atomic E-state index is 0. The fraction of sp³-hybridized carbons (Fsp3) is 0.190. The van der Waals surface area contributed by atoms with Crippen molar-refractivity contribution in [2.45, 2.75) is 19.9 Å². The van der Waals surface area contributed by atoms with E-state index in [1.165, 1.54) is 43.6 Å². The Kier molecular flexibility index (Phi) is 7.03. The van der Waals surface area contributed by atoms with Crippen LogP contribution < -0.4 is 5.32 Å². The Hall–Kier alpha value is -4.01. The van der Waals surface area contributed by atoms with Crippen LogP contribution in [-0.2, 0) is 16.0 Å². The molecular weight excluding hydrogens is 390 g/mol. The van der Waals surface area contributed by atoms with Crippen LogP contribution in [0, 0.1) is 10.1 Å². The maximum atomic E-state index is 12.7. The lowest BCUT2D eigenvalue weighted by Gasteiger charge is -2.17. The molecule has 3 rings (SSSR count). The summed E-state index contributed by atoms with van der Waals surface area (Å²) in [5, 5.41) is 24.4. The number of nitro benzene ring substituents is 1. The Balaban J connectivity index is 0.00000320. The number of phenols is 1. The van der Waals surface area contributed by atoms with Gasteiger partial charge in [-0.2, -0.15) is 0 Å². The molecule has 0 radical (unpaired) electrons. The molecule has 1 aromatic heterocycles. The third-order valence-electron chi connectivity index (χ3n) is 4.37. The summed E-state index contributed by atoms with van der Waals surface area (Å²) in [6, 6.07) is 11.1. The van der Waals surface area contributed by atoms with Crippen molar-refractivity contribution < 1.29 is 24.4 Å². The lowest BCUT2D eigenvalue weighted by Crippen LogP contribution is -2.43. The zero-order chi connectivity index (χ0) is 21.0. The maximum Gasteiger partial charge on any atom is 0.328 e. The van der Waals surface area contributed by atoms with Gasteiger partial charge in [-0.1, -0.05) is 31.7 Å². The number of hydrogen-bond acceptors (Lipinski definition) is 7. The molecule has 0 fully saturated rings. The number of aromatic nitrogens is 1. The molecule has 1 amide bonds. The second-order valence-electron chi connectivity index (χ2n) is 6.21. The van der Waals surface area contributed by atoms with Gasteiger partial charge in [-0.25, -0.2) is 4.79 Å². The van der Waals surface area contributed by atoms with Crippen molar-refractivity contribution in [1.82, 2.24) is 10.3 Å². The van der Waals surface area contributed by atoms with Gasteiger partial charge in [0.15, 0.2) is 5.75 Å². The van der Waals surface area contributed by atoms with Crippen molar-refractivity contribution in [1.29, 1.82) is 0 Å². The van der Waals surface area contributed by atoms with Gasteiger partial charge in [0.1, 0.15) is 11.6 Å². The first-order chi connectivity index (χ1) is 13.9. The number of hydrogen-bond donors (Lipinski definition) is 2. The number of carbonyl (C=O) groups excluding carboxylic acids is 2. The Morgan fingerprint density at radius 1 is 1.20 bits per heavy atom. The SMILES string of the molecule is C.COC(=O)[C@H](Cc1ccc([N+](=O)[O-])cc1)NC(=O)c1ccc2cccnc2c1O. The molecule has 9 nitrogen and oxygen atoms in total. The number of benzene rings is 2. The smallest absolute Gasteiger partial charge is 0.328 e. The highest BCUT2D eigenvalue weighted by Crippen LogP contribution is 2.26.